The lowest BCUT2D eigenvalue weighted by Crippen LogP contribution is -2.58. The monoisotopic (exact) mass is 615 g/mol. The maximum atomic E-state index is 13.9. The molecule has 43 heavy (non-hydrogen) atoms. The fourth-order valence-electron chi connectivity index (χ4n) is 4.49. The van der Waals surface area contributed by atoms with Gasteiger partial charge in [0.15, 0.2) is 8.32 Å². The maximum Gasteiger partial charge on any atom is 0.408 e. The number of amides is 3. The van der Waals surface area contributed by atoms with Crippen molar-refractivity contribution in [2.24, 2.45) is 5.41 Å². The van der Waals surface area contributed by atoms with Crippen LogP contribution in [0.5, 0.6) is 0 Å². The number of alkyl carbamates (subject to hydrolysis) is 1. The Morgan fingerprint density at radius 2 is 1.60 bits per heavy atom. The van der Waals surface area contributed by atoms with Crippen molar-refractivity contribution in [3.8, 4) is 11.8 Å². The van der Waals surface area contributed by atoms with Gasteiger partial charge in [-0.05, 0) is 68.9 Å². The van der Waals surface area contributed by atoms with E-state index in [4.69, 9.17) is 9.16 Å². The van der Waals surface area contributed by atoms with Gasteiger partial charge in [0.25, 0.3) is 0 Å². The fourth-order valence-corrected chi connectivity index (χ4v) is 5.50. The van der Waals surface area contributed by atoms with Gasteiger partial charge >= 0.3 is 6.09 Å². The van der Waals surface area contributed by atoms with Crippen molar-refractivity contribution in [2.75, 3.05) is 13.2 Å². The van der Waals surface area contributed by atoms with Crippen LogP contribution in [0.3, 0.4) is 0 Å². The highest BCUT2D eigenvalue weighted by Gasteiger charge is 2.45. The number of carbonyl (C=O) groups is 3. The van der Waals surface area contributed by atoms with Crippen molar-refractivity contribution in [1.82, 2.24) is 15.5 Å². The van der Waals surface area contributed by atoms with Crippen LogP contribution in [-0.2, 0) is 18.8 Å². The lowest BCUT2D eigenvalue weighted by molar-refractivity contribution is -0.142. The number of likely N-dealkylation sites (tertiary alicyclic amines) is 1. The number of benzene rings is 1. The Labute approximate surface area is 259 Å². The van der Waals surface area contributed by atoms with Crippen LogP contribution in [0, 0.1) is 17.3 Å². The standard InChI is InChI=1S/C33H53N3O6Si/c1-13-14-22-15-17-23(18-16-22)25(21-41-43(11,12)33(8,9)10)34-28(38)26-19-24(37)20-36(26)29(39)27(31(2,3)4)35-30(40)42-32(5,6)7/h15-18,24-27,37H,19-21H2,1-12H3,(H,34,38)(H,35,40)/t24-,25+,26+,27-/m1/s1. The first-order valence-electron chi connectivity index (χ1n) is 15.0. The molecule has 2 rings (SSSR count). The molecule has 1 aliphatic rings. The number of nitrogens with zero attached hydrogens (tertiary/aromatic N) is 1. The Kier molecular flexibility index (Phi) is 11.7. The van der Waals surface area contributed by atoms with Gasteiger partial charge in [-0.2, -0.15) is 0 Å². The third kappa shape index (κ3) is 10.4. The maximum absolute atomic E-state index is 13.9. The summed E-state index contributed by atoms with van der Waals surface area (Å²) in [7, 11) is -2.15. The molecule has 1 aliphatic heterocycles. The average molecular weight is 616 g/mol. The van der Waals surface area contributed by atoms with E-state index in [9.17, 15) is 19.5 Å². The van der Waals surface area contributed by atoms with E-state index < -0.39 is 61.5 Å². The van der Waals surface area contributed by atoms with Crippen LogP contribution in [0.2, 0.25) is 18.1 Å². The van der Waals surface area contributed by atoms with Crippen molar-refractivity contribution in [2.45, 2.75) is 124 Å². The summed E-state index contributed by atoms with van der Waals surface area (Å²) >= 11 is 0. The largest absolute Gasteiger partial charge is 0.444 e. The highest BCUT2D eigenvalue weighted by atomic mass is 28.4. The van der Waals surface area contributed by atoms with Gasteiger partial charge in [0, 0.05) is 18.5 Å². The molecule has 4 atom stereocenters. The number of hydrogen-bond donors (Lipinski definition) is 3. The number of aliphatic hydroxyl groups is 1. The smallest absolute Gasteiger partial charge is 0.408 e. The van der Waals surface area contributed by atoms with Crippen molar-refractivity contribution < 1.29 is 28.7 Å². The summed E-state index contributed by atoms with van der Waals surface area (Å²) in [5.41, 5.74) is 0.280. The number of nitrogens with one attached hydrogen (secondary N) is 2. The van der Waals surface area contributed by atoms with Gasteiger partial charge in [-0.1, -0.05) is 59.6 Å². The molecule has 1 aromatic rings. The van der Waals surface area contributed by atoms with Gasteiger partial charge < -0.3 is 29.8 Å². The summed E-state index contributed by atoms with van der Waals surface area (Å²) in [6, 6.07) is 5.27. The minimum Gasteiger partial charge on any atom is -0.444 e. The molecule has 0 bridgehead atoms. The van der Waals surface area contributed by atoms with E-state index in [1.54, 1.807) is 27.7 Å². The predicted molar refractivity (Wildman–Crippen MR) is 172 cm³/mol. The zero-order valence-corrected chi connectivity index (χ0v) is 29.2. The number of rotatable bonds is 8. The third-order valence-electron chi connectivity index (χ3n) is 7.95. The second kappa shape index (κ2) is 13.8. The fraction of sp³-hybridized carbons (Fsp3) is 0.667. The van der Waals surface area contributed by atoms with Crippen molar-refractivity contribution in [3.05, 3.63) is 35.4 Å². The van der Waals surface area contributed by atoms with E-state index in [1.165, 1.54) is 4.90 Å². The van der Waals surface area contributed by atoms with E-state index in [1.807, 2.05) is 45.0 Å². The Bertz CT molecular complexity index is 1200. The normalized spacial score (nSPS) is 19.1. The number of β-amino-alcohol motifs (C(OH)–C–C–N with tert-alkyl or cyclic N) is 1. The molecule has 0 saturated carbocycles. The van der Waals surface area contributed by atoms with Gasteiger partial charge in [0.2, 0.25) is 11.8 Å². The van der Waals surface area contributed by atoms with E-state index in [0.29, 0.717) is 0 Å². The molecule has 0 radical (unpaired) electrons. The zero-order chi connectivity index (χ0) is 33.0. The molecule has 3 N–H and O–H groups in total. The molecular formula is C33H53N3O6Si. The number of aliphatic hydroxyl groups excluding tert-OH is 1. The molecule has 0 aromatic heterocycles. The van der Waals surface area contributed by atoms with Crippen LogP contribution >= 0.6 is 0 Å². The first kappa shape index (κ1) is 36.3. The van der Waals surface area contributed by atoms with Crippen LogP contribution in [0.25, 0.3) is 0 Å². The minimum absolute atomic E-state index is 0.0188. The molecule has 1 fully saturated rings. The van der Waals surface area contributed by atoms with E-state index in [2.05, 4.69) is 56.3 Å². The Balaban J connectivity index is 2.36. The van der Waals surface area contributed by atoms with Crippen molar-refractivity contribution in [3.63, 3.8) is 0 Å². The van der Waals surface area contributed by atoms with E-state index in [0.717, 1.165) is 11.1 Å². The Morgan fingerprint density at radius 3 is 2.09 bits per heavy atom. The second-order valence-electron chi connectivity index (χ2n) is 15.0. The van der Waals surface area contributed by atoms with Gasteiger partial charge in [-0.3, -0.25) is 9.59 Å². The molecule has 0 spiro atoms. The SMILES string of the molecule is CC#Cc1ccc([C@H](CO[Si](C)(C)C(C)(C)C)NC(=O)[C@@H]2C[C@@H](O)CN2C(=O)[C@@H](NC(=O)OC(C)(C)C)C(C)(C)C)cc1. The molecule has 10 heteroatoms. The molecule has 0 aliphatic carbocycles. The summed E-state index contributed by atoms with van der Waals surface area (Å²) in [5, 5.41) is 16.4. The van der Waals surface area contributed by atoms with Crippen LogP contribution in [0.1, 0.15) is 92.8 Å². The summed E-state index contributed by atoms with van der Waals surface area (Å²) in [5.74, 6) is 5.08. The topological polar surface area (TPSA) is 117 Å². The van der Waals surface area contributed by atoms with Crippen LogP contribution in [0.15, 0.2) is 24.3 Å². The van der Waals surface area contributed by atoms with Crippen LogP contribution in [0.4, 0.5) is 4.79 Å². The highest BCUT2D eigenvalue weighted by molar-refractivity contribution is 6.74. The average Bonchev–Trinajstić information content (AvgIpc) is 3.25. The van der Waals surface area contributed by atoms with Gasteiger partial charge in [-0.25, -0.2) is 4.79 Å². The minimum atomic E-state index is -2.15. The molecule has 0 unspecified atom stereocenters. The number of ether oxygens (including phenoxy) is 1. The molecular weight excluding hydrogens is 562 g/mol. The molecule has 1 aromatic carbocycles. The van der Waals surface area contributed by atoms with Gasteiger partial charge in [0.1, 0.15) is 17.7 Å². The first-order valence-corrected chi connectivity index (χ1v) is 17.9. The summed E-state index contributed by atoms with van der Waals surface area (Å²) in [6.45, 7) is 23.5. The Hall–Kier alpha value is -2.87. The Morgan fingerprint density at radius 1 is 1.02 bits per heavy atom. The van der Waals surface area contributed by atoms with E-state index in [-0.39, 0.29) is 24.6 Å². The third-order valence-corrected chi connectivity index (χ3v) is 12.5. The number of carbonyl (C=O) groups excluding carboxylic acids is 3. The van der Waals surface area contributed by atoms with E-state index >= 15 is 0 Å². The number of hydrogen-bond acceptors (Lipinski definition) is 6. The van der Waals surface area contributed by atoms with Crippen LogP contribution < -0.4 is 10.6 Å². The molecule has 1 saturated heterocycles. The molecule has 9 nitrogen and oxygen atoms in total. The lowest BCUT2D eigenvalue weighted by atomic mass is 9.85. The second-order valence-corrected chi connectivity index (χ2v) is 19.8. The summed E-state index contributed by atoms with van der Waals surface area (Å²) in [6.07, 6.45) is -1.52. The predicted octanol–water partition coefficient (Wildman–Crippen LogP) is 5.14. The zero-order valence-electron chi connectivity index (χ0n) is 28.2. The van der Waals surface area contributed by atoms with Gasteiger partial charge in [-0.15, -0.1) is 5.92 Å². The summed E-state index contributed by atoms with van der Waals surface area (Å²) < 4.78 is 11.9. The van der Waals surface area contributed by atoms with Crippen molar-refractivity contribution >= 4 is 26.2 Å². The van der Waals surface area contributed by atoms with Gasteiger partial charge in [0.05, 0.1) is 18.8 Å². The molecule has 1 heterocycles. The molecule has 3 amide bonds. The first-order chi connectivity index (χ1) is 19.6. The van der Waals surface area contributed by atoms with Crippen molar-refractivity contribution in [1.29, 1.82) is 0 Å². The highest BCUT2D eigenvalue weighted by Crippen LogP contribution is 2.37. The summed E-state index contributed by atoms with van der Waals surface area (Å²) in [4.78, 5) is 41.8. The quantitative estimate of drug-likeness (QED) is 0.276. The van der Waals surface area contributed by atoms with Crippen LogP contribution in [-0.4, -0.2) is 73.2 Å². The lowest BCUT2D eigenvalue weighted by Gasteiger charge is -2.38. The molecule has 240 valence electrons.